The summed E-state index contributed by atoms with van der Waals surface area (Å²) in [5, 5.41) is 7.40. The first-order chi connectivity index (χ1) is 12.7. The first-order valence-corrected chi connectivity index (χ1v) is 8.63. The maximum atomic E-state index is 12.1. The predicted molar refractivity (Wildman–Crippen MR) is 97.6 cm³/mol. The van der Waals surface area contributed by atoms with Crippen molar-refractivity contribution in [1.29, 1.82) is 0 Å². The Morgan fingerprint density at radius 2 is 2.12 bits per heavy atom. The van der Waals surface area contributed by atoms with Crippen LogP contribution in [0.5, 0.6) is 5.88 Å². The topological polar surface area (TPSA) is 94.8 Å². The SMILES string of the molecule is Cc1nc(OCC(=O)Nc2nc3ccccc3s2)cc(-n2cccn2)n1. The van der Waals surface area contributed by atoms with Crippen LogP contribution in [0.2, 0.25) is 0 Å². The van der Waals surface area contributed by atoms with Crippen molar-refractivity contribution in [3.05, 3.63) is 54.6 Å². The summed E-state index contributed by atoms with van der Waals surface area (Å²) in [7, 11) is 0. The molecule has 0 aliphatic carbocycles. The largest absolute Gasteiger partial charge is 0.467 e. The summed E-state index contributed by atoms with van der Waals surface area (Å²) in [6.07, 6.45) is 3.43. The lowest BCUT2D eigenvalue weighted by atomic mass is 10.3. The van der Waals surface area contributed by atoms with Gasteiger partial charge >= 0.3 is 0 Å². The van der Waals surface area contributed by atoms with Gasteiger partial charge in [0.1, 0.15) is 5.82 Å². The van der Waals surface area contributed by atoms with Gasteiger partial charge in [-0.15, -0.1) is 0 Å². The Bertz CT molecular complexity index is 1030. The van der Waals surface area contributed by atoms with Crippen LogP contribution in [0, 0.1) is 6.92 Å². The van der Waals surface area contributed by atoms with E-state index < -0.39 is 0 Å². The number of carbonyl (C=O) groups is 1. The second-order valence-corrected chi connectivity index (χ2v) is 6.42. The van der Waals surface area contributed by atoms with Gasteiger partial charge in [0.05, 0.1) is 10.2 Å². The Morgan fingerprint density at radius 3 is 2.92 bits per heavy atom. The number of aromatic nitrogens is 5. The number of thiazole rings is 1. The third-order valence-electron chi connectivity index (χ3n) is 3.43. The number of hydrogen-bond donors (Lipinski definition) is 1. The number of rotatable bonds is 5. The van der Waals surface area contributed by atoms with Crippen LogP contribution in [-0.4, -0.2) is 37.2 Å². The van der Waals surface area contributed by atoms with Crippen molar-refractivity contribution in [3.8, 4) is 11.7 Å². The van der Waals surface area contributed by atoms with Crippen LogP contribution in [0.4, 0.5) is 5.13 Å². The Balaban J connectivity index is 1.42. The smallest absolute Gasteiger partial charge is 0.264 e. The number of aryl methyl sites for hydroxylation is 1. The van der Waals surface area contributed by atoms with Crippen molar-refractivity contribution in [2.45, 2.75) is 6.92 Å². The molecule has 0 spiro atoms. The molecule has 26 heavy (non-hydrogen) atoms. The van der Waals surface area contributed by atoms with Crippen LogP contribution in [0.3, 0.4) is 0 Å². The van der Waals surface area contributed by atoms with E-state index in [4.69, 9.17) is 4.74 Å². The minimum absolute atomic E-state index is 0.176. The summed E-state index contributed by atoms with van der Waals surface area (Å²) in [6, 6.07) is 11.1. The molecular formula is C17H14N6O2S. The Labute approximate surface area is 152 Å². The molecule has 1 N–H and O–H groups in total. The molecule has 0 unspecified atom stereocenters. The van der Waals surface area contributed by atoms with Crippen molar-refractivity contribution >= 4 is 32.6 Å². The van der Waals surface area contributed by atoms with Crippen LogP contribution in [0.15, 0.2) is 48.8 Å². The second-order valence-electron chi connectivity index (χ2n) is 5.39. The van der Waals surface area contributed by atoms with Crippen LogP contribution in [-0.2, 0) is 4.79 Å². The van der Waals surface area contributed by atoms with Gasteiger partial charge in [-0.3, -0.25) is 10.1 Å². The fraction of sp³-hybridized carbons (Fsp3) is 0.118. The third-order valence-corrected chi connectivity index (χ3v) is 4.38. The van der Waals surface area contributed by atoms with Crippen molar-refractivity contribution in [2.24, 2.45) is 0 Å². The first kappa shape index (κ1) is 16.2. The molecule has 3 heterocycles. The summed E-state index contributed by atoms with van der Waals surface area (Å²) < 4.78 is 8.12. The number of amides is 1. The minimum atomic E-state index is -0.305. The molecule has 3 aromatic heterocycles. The molecule has 0 fully saturated rings. The number of nitrogens with zero attached hydrogens (tertiary/aromatic N) is 5. The Hall–Kier alpha value is -3.33. The zero-order valence-corrected chi connectivity index (χ0v) is 14.6. The lowest BCUT2D eigenvalue weighted by molar-refractivity contribution is -0.118. The standard InChI is InChI=1S/C17H14N6O2S/c1-11-19-14(23-8-4-7-18-23)9-16(20-11)25-10-15(24)22-17-21-12-5-2-3-6-13(12)26-17/h2-9H,10H2,1H3,(H,21,22,24). The number of nitrogens with one attached hydrogen (secondary N) is 1. The molecule has 8 nitrogen and oxygen atoms in total. The summed E-state index contributed by atoms with van der Waals surface area (Å²) >= 11 is 1.41. The average Bonchev–Trinajstić information content (AvgIpc) is 3.28. The van der Waals surface area contributed by atoms with Gasteiger partial charge in [-0.25, -0.2) is 14.6 Å². The molecule has 0 saturated carbocycles. The van der Waals surface area contributed by atoms with E-state index in [9.17, 15) is 4.79 Å². The lowest BCUT2D eigenvalue weighted by Gasteiger charge is -2.07. The molecule has 0 bridgehead atoms. The molecule has 4 aromatic rings. The normalized spacial score (nSPS) is 10.8. The number of anilines is 1. The molecule has 1 aromatic carbocycles. The Kier molecular flexibility index (Phi) is 4.28. The molecular weight excluding hydrogens is 352 g/mol. The fourth-order valence-electron chi connectivity index (χ4n) is 2.34. The average molecular weight is 366 g/mol. The highest BCUT2D eigenvalue weighted by molar-refractivity contribution is 7.22. The van der Waals surface area contributed by atoms with Gasteiger partial charge in [0.2, 0.25) is 5.88 Å². The molecule has 0 atom stereocenters. The molecule has 130 valence electrons. The molecule has 0 radical (unpaired) electrons. The van der Waals surface area contributed by atoms with Gasteiger partial charge in [-0.2, -0.15) is 10.1 Å². The van der Waals surface area contributed by atoms with Crippen molar-refractivity contribution in [1.82, 2.24) is 24.7 Å². The van der Waals surface area contributed by atoms with Crippen molar-refractivity contribution in [2.75, 3.05) is 11.9 Å². The molecule has 1 amide bonds. The van der Waals surface area contributed by atoms with Crippen LogP contribution < -0.4 is 10.1 Å². The van der Waals surface area contributed by atoms with Gasteiger partial charge in [-0.1, -0.05) is 23.5 Å². The van der Waals surface area contributed by atoms with Gasteiger partial charge in [0.15, 0.2) is 17.6 Å². The zero-order valence-electron chi connectivity index (χ0n) is 13.8. The van der Waals surface area contributed by atoms with Gasteiger partial charge in [-0.05, 0) is 25.1 Å². The van der Waals surface area contributed by atoms with Gasteiger partial charge in [0, 0.05) is 18.5 Å². The number of ether oxygens (including phenoxy) is 1. The molecule has 0 saturated heterocycles. The van der Waals surface area contributed by atoms with Crippen LogP contribution in [0.1, 0.15) is 5.82 Å². The second kappa shape index (κ2) is 6.89. The number of hydrogen-bond acceptors (Lipinski definition) is 7. The van der Waals surface area contributed by atoms with E-state index in [0.717, 1.165) is 10.2 Å². The number of fused-ring (bicyclic) bond motifs is 1. The Morgan fingerprint density at radius 1 is 1.23 bits per heavy atom. The third kappa shape index (κ3) is 3.52. The zero-order chi connectivity index (χ0) is 17.9. The van der Waals surface area contributed by atoms with E-state index in [1.807, 2.05) is 24.3 Å². The number of para-hydroxylation sites is 1. The van der Waals surface area contributed by atoms with E-state index in [1.54, 1.807) is 36.1 Å². The highest BCUT2D eigenvalue weighted by Gasteiger charge is 2.10. The highest BCUT2D eigenvalue weighted by atomic mass is 32.1. The van der Waals surface area contributed by atoms with E-state index in [0.29, 0.717) is 22.7 Å². The molecule has 9 heteroatoms. The highest BCUT2D eigenvalue weighted by Crippen LogP contribution is 2.25. The van der Waals surface area contributed by atoms with Crippen molar-refractivity contribution < 1.29 is 9.53 Å². The van der Waals surface area contributed by atoms with E-state index in [2.05, 4.69) is 25.4 Å². The fourth-order valence-corrected chi connectivity index (χ4v) is 3.22. The number of carbonyl (C=O) groups excluding carboxylic acids is 1. The number of benzene rings is 1. The predicted octanol–water partition coefficient (Wildman–Crippen LogP) is 2.60. The molecule has 0 aliphatic heterocycles. The summed E-state index contributed by atoms with van der Waals surface area (Å²) in [6.45, 7) is 1.58. The van der Waals surface area contributed by atoms with Gasteiger partial charge < -0.3 is 4.74 Å². The quantitative estimate of drug-likeness (QED) is 0.583. The molecule has 0 aliphatic rings. The van der Waals surface area contributed by atoms with E-state index >= 15 is 0 Å². The first-order valence-electron chi connectivity index (χ1n) is 7.81. The lowest BCUT2D eigenvalue weighted by Crippen LogP contribution is -2.20. The van der Waals surface area contributed by atoms with Gasteiger partial charge in [0.25, 0.3) is 5.91 Å². The summed E-state index contributed by atoms with van der Waals surface area (Å²) in [5.74, 6) is 1.10. The maximum absolute atomic E-state index is 12.1. The van der Waals surface area contributed by atoms with Crippen molar-refractivity contribution in [3.63, 3.8) is 0 Å². The monoisotopic (exact) mass is 366 g/mol. The minimum Gasteiger partial charge on any atom is -0.467 e. The van der Waals surface area contributed by atoms with E-state index in [-0.39, 0.29) is 12.5 Å². The maximum Gasteiger partial charge on any atom is 0.264 e. The van der Waals surface area contributed by atoms with Crippen LogP contribution in [0.25, 0.3) is 16.0 Å². The summed E-state index contributed by atoms with van der Waals surface area (Å²) in [4.78, 5) is 25.0. The summed E-state index contributed by atoms with van der Waals surface area (Å²) in [5.41, 5.74) is 0.851. The molecule has 4 rings (SSSR count). The van der Waals surface area contributed by atoms with E-state index in [1.165, 1.54) is 11.3 Å². The van der Waals surface area contributed by atoms with Crippen LogP contribution >= 0.6 is 11.3 Å².